The van der Waals surface area contributed by atoms with E-state index in [0.29, 0.717) is 17.9 Å². The third-order valence-electron chi connectivity index (χ3n) is 3.19. The molecule has 3 rings (SSSR count). The summed E-state index contributed by atoms with van der Waals surface area (Å²) < 4.78 is 16.8. The Morgan fingerprint density at radius 3 is 2.93 bits per heavy atom. The van der Waals surface area contributed by atoms with Crippen LogP contribution in [0.4, 0.5) is 0 Å². The van der Waals surface area contributed by atoms with Crippen molar-refractivity contribution in [2.24, 2.45) is 0 Å². The number of hydrogen-bond donors (Lipinski definition) is 0. The molecule has 0 N–H and O–H groups in total. The minimum absolute atomic E-state index is 0.199. The molecule has 3 fully saturated rings. The molecule has 0 aliphatic carbocycles. The van der Waals surface area contributed by atoms with Gasteiger partial charge in [-0.1, -0.05) is 0 Å². The topological polar surface area (TPSA) is 27.7 Å². The van der Waals surface area contributed by atoms with Crippen LogP contribution < -0.4 is 0 Å². The van der Waals surface area contributed by atoms with Crippen molar-refractivity contribution in [3.05, 3.63) is 0 Å². The smallest absolute Gasteiger partial charge is 0.140 e. The van der Waals surface area contributed by atoms with Crippen LogP contribution in [0.2, 0.25) is 0 Å². The van der Waals surface area contributed by atoms with Gasteiger partial charge in [-0.25, -0.2) is 0 Å². The second-order valence-electron chi connectivity index (χ2n) is 4.13. The summed E-state index contributed by atoms with van der Waals surface area (Å²) in [5.41, 5.74) is -0.206. The van der Waals surface area contributed by atoms with Gasteiger partial charge in [0.25, 0.3) is 0 Å². The molecule has 2 bridgehead atoms. The number of rotatable bonds is 3. The van der Waals surface area contributed by atoms with Crippen LogP contribution in [0.15, 0.2) is 0 Å². The van der Waals surface area contributed by atoms with Gasteiger partial charge in [0.05, 0.1) is 12.7 Å². The molecule has 0 saturated carbocycles. The van der Waals surface area contributed by atoms with Crippen LogP contribution in [0.3, 0.4) is 0 Å². The second kappa shape index (κ2) is 4.04. The number of methoxy groups -OCH3 is 2. The lowest BCUT2D eigenvalue weighted by Gasteiger charge is -2.53. The second-order valence-corrected chi connectivity index (χ2v) is 5.36. The Hall–Kier alpha value is 0.295. The summed E-state index contributed by atoms with van der Waals surface area (Å²) in [5, 5.41) is 0.596. The molecule has 0 aromatic carbocycles. The zero-order valence-corrected chi connectivity index (χ0v) is 9.80. The number of ether oxygens (including phenoxy) is 3. The lowest BCUT2D eigenvalue weighted by Crippen LogP contribution is -2.64. The fourth-order valence-electron chi connectivity index (χ4n) is 2.44. The Morgan fingerprint density at radius 2 is 2.36 bits per heavy atom. The van der Waals surface area contributed by atoms with Gasteiger partial charge in [0.2, 0.25) is 0 Å². The highest BCUT2D eigenvalue weighted by Gasteiger charge is 2.52. The first kappa shape index (κ1) is 10.8. The number of hydrogen-bond acceptors (Lipinski definition) is 4. The minimum Gasteiger partial charge on any atom is -0.382 e. The lowest BCUT2D eigenvalue weighted by molar-refractivity contribution is -0.190. The SMILES string of the molecule is B[C@@H]1O[C@]2(COC)CSC1CC2OC. The van der Waals surface area contributed by atoms with Gasteiger partial charge < -0.3 is 14.2 Å². The van der Waals surface area contributed by atoms with E-state index in [-0.39, 0.29) is 11.7 Å². The van der Waals surface area contributed by atoms with Crippen LogP contribution in [0.5, 0.6) is 0 Å². The highest BCUT2D eigenvalue weighted by atomic mass is 32.2. The van der Waals surface area contributed by atoms with Crippen molar-refractivity contribution in [2.45, 2.75) is 29.4 Å². The maximum Gasteiger partial charge on any atom is 0.140 e. The summed E-state index contributed by atoms with van der Waals surface area (Å²) in [6.07, 6.45) is 1.29. The first-order valence-electron chi connectivity index (χ1n) is 5.03. The van der Waals surface area contributed by atoms with Crippen molar-refractivity contribution >= 4 is 19.6 Å². The first-order valence-corrected chi connectivity index (χ1v) is 6.08. The molecule has 3 saturated heterocycles. The molecule has 0 spiro atoms. The predicted molar refractivity (Wildman–Crippen MR) is 59.7 cm³/mol. The molecule has 0 radical (unpaired) electrons. The monoisotopic (exact) mass is 216 g/mol. The molecule has 2 unspecified atom stereocenters. The van der Waals surface area contributed by atoms with Gasteiger partial charge in [-0.05, 0) is 6.42 Å². The Bertz CT molecular complexity index is 212. The molecule has 3 heterocycles. The van der Waals surface area contributed by atoms with E-state index in [2.05, 4.69) is 7.85 Å². The molecule has 80 valence electrons. The normalized spacial score (nSPS) is 46.9. The van der Waals surface area contributed by atoms with E-state index in [9.17, 15) is 0 Å². The summed E-state index contributed by atoms with van der Waals surface area (Å²) >= 11 is 1.99. The molecule has 0 aromatic heterocycles. The summed E-state index contributed by atoms with van der Waals surface area (Å²) in [6, 6.07) is 0.329. The standard InChI is InChI=1S/C9H17BO3S/c1-11-4-9-5-14-6(8(10)13-9)3-7(9)12-2/h6-8H,3-5,10H2,1-2H3/t6?,7?,8-,9-/m1/s1. The predicted octanol–water partition coefficient (Wildman–Crippen LogP) is -0.119. The van der Waals surface area contributed by atoms with Crippen LogP contribution in [0.25, 0.3) is 0 Å². The highest BCUT2D eigenvalue weighted by Crippen LogP contribution is 2.44. The molecule has 14 heavy (non-hydrogen) atoms. The van der Waals surface area contributed by atoms with Crippen LogP contribution >= 0.6 is 11.8 Å². The fourth-order valence-corrected chi connectivity index (χ4v) is 3.91. The van der Waals surface area contributed by atoms with Crippen LogP contribution in [-0.4, -0.2) is 57.4 Å². The maximum atomic E-state index is 6.05. The van der Waals surface area contributed by atoms with E-state index in [1.807, 2.05) is 11.8 Å². The van der Waals surface area contributed by atoms with E-state index < -0.39 is 0 Å². The van der Waals surface area contributed by atoms with Crippen molar-refractivity contribution in [1.29, 1.82) is 0 Å². The minimum atomic E-state index is -0.206. The average molecular weight is 216 g/mol. The molecule has 0 amide bonds. The van der Waals surface area contributed by atoms with Crippen molar-refractivity contribution in [1.82, 2.24) is 0 Å². The summed E-state index contributed by atoms with van der Waals surface area (Å²) in [7, 11) is 5.63. The van der Waals surface area contributed by atoms with Crippen molar-refractivity contribution < 1.29 is 14.2 Å². The fraction of sp³-hybridized carbons (Fsp3) is 1.00. The van der Waals surface area contributed by atoms with Gasteiger partial charge in [-0.15, -0.1) is 0 Å². The summed E-state index contributed by atoms with van der Waals surface area (Å²) in [6.45, 7) is 0.634. The van der Waals surface area contributed by atoms with E-state index >= 15 is 0 Å². The molecule has 3 nitrogen and oxygen atoms in total. The zero-order valence-electron chi connectivity index (χ0n) is 8.99. The Morgan fingerprint density at radius 1 is 1.57 bits per heavy atom. The van der Waals surface area contributed by atoms with Gasteiger partial charge in [-0.2, -0.15) is 11.8 Å². The molecular formula is C9H17BO3S. The van der Waals surface area contributed by atoms with Crippen molar-refractivity contribution in [2.75, 3.05) is 26.6 Å². The Labute approximate surface area is 90.3 Å². The van der Waals surface area contributed by atoms with Crippen LogP contribution in [-0.2, 0) is 14.2 Å². The molecule has 3 aliphatic heterocycles. The van der Waals surface area contributed by atoms with E-state index in [1.54, 1.807) is 14.2 Å². The number of thioether (sulfide) groups is 1. The third-order valence-corrected chi connectivity index (χ3v) is 4.85. The summed E-state index contributed by atoms with van der Waals surface area (Å²) in [5.74, 6) is 0.994. The Balaban J connectivity index is 2.15. The van der Waals surface area contributed by atoms with Gasteiger partial charge >= 0.3 is 0 Å². The van der Waals surface area contributed by atoms with Crippen LogP contribution in [0.1, 0.15) is 6.42 Å². The molecule has 0 aromatic rings. The van der Waals surface area contributed by atoms with Gasteiger partial charge in [0.1, 0.15) is 13.4 Å². The molecule has 5 heteroatoms. The quantitative estimate of drug-likeness (QED) is 0.615. The van der Waals surface area contributed by atoms with E-state index in [4.69, 9.17) is 14.2 Å². The Kier molecular flexibility index (Phi) is 3.12. The largest absolute Gasteiger partial charge is 0.382 e. The average Bonchev–Trinajstić information content (AvgIpc) is 2.18. The summed E-state index contributed by atoms with van der Waals surface area (Å²) in [4.78, 5) is 0. The van der Waals surface area contributed by atoms with Gasteiger partial charge in [0, 0.05) is 31.2 Å². The molecule has 3 aliphatic rings. The van der Waals surface area contributed by atoms with Crippen molar-refractivity contribution in [3.63, 3.8) is 0 Å². The zero-order chi connectivity index (χ0) is 10.2. The third kappa shape index (κ3) is 1.60. The van der Waals surface area contributed by atoms with Crippen molar-refractivity contribution in [3.8, 4) is 0 Å². The molecular weight excluding hydrogens is 199 g/mol. The van der Waals surface area contributed by atoms with E-state index in [1.165, 1.54) is 0 Å². The number of fused-ring (bicyclic) bond motifs is 3. The van der Waals surface area contributed by atoms with Gasteiger partial charge in [-0.3, -0.25) is 0 Å². The molecule has 4 atom stereocenters. The highest BCUT2D eigenvalue weighted by molar-refractivity contribution is 8.00. The lowest BCUT2D eigenvalue weighted by atomic mass is 9.82. The van der Waals surface area contributed by atoms with Gasteiger partial charge in [0.15, 0.2) is 0 Å². The van der Waals surface area contributed by atoms with E-state index in [0.717, 1.165) is 12.2 Å². The maximum absolute atomic E-state index is 6.05. The first-order chi connectivity index (χ1) is 6.72. The van der Waals surface area contributed by atoms with Crippen LogP contribution in [0, 0.1) is 0 Å².